The lowest BCUT2D eigenvalue weighted by atomic mass is 10.2. The second-order valence-electron chi connectivity index (χ2n) is 4.90. The SMILES string of the molecule is CNC(=O)NCC(=O)N1CCN(c2ccc(F)cc2Cl)CC1. The maximum atomic E-state index is 13.1. The minimum absolute atomic E-state index is 0.0308. The molecule has 1 aromatic carbocycles. The molecule has 1 aromatic rings. The van der Waals surface area contributed by atoms with E-state index in [1.807, 2.05) is 4.90 Å². The number of hydrogen-bond donors (Lipinski definition) is 2. The maximum Gasteiger partial charge on any atom is 0.314 e. The molecule has 0 aromatic heterocycles. The molecule has 6 nitrogen and oxygen atoms in total. The van der Waals surface area contributed by atoms with E-state index in [2.05, 4.69) is 10.6 Å². The molecule has 0 atom stereocenters. The van der Waals surface area contributed by atoms with Gasteiger partial charge in [0.05, 0.1) is 17.3 Å². The molecular weight excluding hydrogens is 311 g/mol. The minimum Gasteiger partial charge on any atom is -0.367 e. The van der Waals surface area contributed by atoms with Gasteiger partial charge in [0.25, 0.3) is 0 Å². The number of piperazine rings is 1. The van der Waals surface area contributed by atoms with Crippen LogP contribution in [0.2, 0.25) is 5.02 Å². The summed E-state index contributed by atoms with van der Waals surface area (Å²) in [5.41, 5.74) is 0.763. The average molecular weight is 329 g/mol. The number of carbonyl (C=O) groups excluding carboxylic acids is 2. The zero-order valence-corrected chi connectivity index (χ0v) is 13.0. The highest BCUT2D eigenvalue weighted by Crippen LogP contribution is 2.27. The van der Waals surface area contributed by atoms with Crippen LogP contribution in [0.5, 0.6) is 0 Å². The predicted molar refractivity (Wildman–Crippen MR) is 82.7 cm³/mol. The van der Waals surface area contributed by atoms with Gasteiger partial charge in [-0.25, -0.2) is 9.18 Å². The van der Waals surface area contributed by atoms with Crippen LogP contribution < -0.4 is 15.5 Å². The summed E-state index contributed by atoms with van der Waals surface area (Å²) in [5, 5.41) is 5.22. The number of carbonyl (C=O) groups is 2. The molecule has 1 aliphatic heterocycles. The lowest BCUT2D eigenvalue weighted by Gasteiger charge is -2.36. The summed E-state index contributed by atoms with van der Waals surface area (Å²) >= 11 is 6.05. The van der Waals surface area contributed by atoms with E-state index in [0.717, 1.165) is 5.69 Å². The second kappa shape index (κ2) is 7.31. The van der Waals surface area contributed by atoms with Crippen molar-refractivity contribution in [2.75, 3.05) is 44.7 Å². The summed E-state index contributed by atoms with van der Waals surface area (Å²) in [6.45, 7) is 2.25. The Morgan fingerprint density at radius 3 is 2.55 bits per heavy atom. The standard InChI is InChI=1S/C14H18ClFN4O2/c1-17-14(22)18-9-13(21)20-6-4-19(5-7-20)12-3-2-10(16)8-11(12)15/h2-3,8H,4-7,9H2,1H3,(H2,17,18,22). The Balaban J connectivity index is 1.87. The molecule has 120 valence electrons. The third-order valence-electron chi connectivity index (χ3n) is 3.51. The molecule has 0 bridgehead atoms. The van der Waals surface area contributed by atoms with Crippen molar-refractivity contribution in [2.24, 2.45) is 0 Å². The van der Waals surface area contributed by atoms with Crippen LogP contribution in [-0.4, -0.2) is 56.6 Å². The van der Waals surface area contributed by atoms with Crippen molar-refractivity contribution in [3.05, 3.63) is 29.0 Å². The van der Waals surface area contributed by atoms with Crippen LogP contribution in [-0.2, 0) is 4.79 Å². The van der Waals surface area contributed by atoms with E-state index in [4.69, 9.17) is 11.6 Å². The molecule has 1 fully saturated rings. The van der Waals surface area contributed by atoms with Gasteiger partial charge in [-0.2, -0.15) is 0 Å². The summed E-state index contributed by atoms with van der Waals surface area (Å²) in [5.74, 6) is -0.503. The highest BCUT2D eigenvalue weighted by molar-refractivity contribution is 6.33. The van der Waals surface area contributed by atoms with Crippen LogP contribution in [0.3, 0.4) is 0 Å². The van der Waals surface area contributed by atoms with Crippen molar-refractivity contribution in [3.8, 4) is 0 Å². The van der Waals surface area contributed by atoms with E-state index in [0.29, 0.717) is 31.2 Å². The summed E-state index contributed by atoms with van der Waals surface area (Å²) < 4.78 is 13.1. The molecule has 0 radical (unpaired) electrons. The Morgan fingerprint density at radius 2 is 1.95 bits per heavy atom. The van der Waals surface area contributed by atoms with E-state index in [1.54, 1.807) is 11.0 Å². The fraction of sp³-hybridized carbons (Fsp3) is 0.429. The molecule has 8 heteroatoms. The van der Waals surface area contributed by atoms with Crippen molar-refractivity contribution in [3.63, 3.8) is 0 Å². The molecule has 0 aliphatic carbocycles. The molecule has 22 heavy (non-hydrogen) atoms. The first-order chi connectivity index (χ1) is 10.5. The summed E-state index contributed by atoms with van der Waals surface area (Å²) in [6, 6.07) is 3.90. The van der Waals surface area contributed by atoms with E-state index < -0.39 is 0 Å². The number of benzene rings is 1. The minimum atomic E-state index is -0.384. The van der Waals surface area contributed by atoms with Gasteiger partial charge in [-0.3, -0.25) is 4.79 Å². The van der Waals surface area contributed by atoms with E-state index >= 15 is 0 Å². The second-order valence-corrected chi connectivity index (χ2v) is 5.30. The third-order valence-corrected chi connectivity index (χ3v) is 3.81. The topological polar surface area (TPSA) is 64.7 Å². The highest BCUT2D eigenvalue weighted by Gasteiger charge is 2.22. The van der Waals surface area contributed by atoms with Crippen LogP contribution in [0.1, 0.15) is 0 Å². The van der Waals surface area contributed by atoms with Gasteiger partial charge in [0.1, 0.15) is 5.82 Å². The van der Waals surface area contributed by atoms with Gasteiger partial charge in [0.15, 0.2) is 0 Å². The number of halogens is 2. The van der Waals surface area contributed by atoms with E-state index in [9.17, 15) is 14.0 Å². The fourth-order valence-corrected chi connectivity index (χ4v) is 2.58. The first-order valence-corrected chi connectivity index (χ1v) is 7.32. The Hall–Kier alpha value is -2.02. The number of hydrogen-bond acceptors (Lipinski definition) is 3. The van der Waals surface area contributed by atoms with Crippen LogP contribution >= 0.6 is 11.6 Å². The smallest absolute Gasteiger partial charge is 0.314 e. The van der Waals surface area contributed by atoms with Crippen LogP contribution in [0.4, 0.5) is 14.9 Å². The molecule has 1 aliphatic rings. The molecule has 0 unspecified atom stereocenters. The van der Waals surface area contributed by atoms with Gasteiger partial charge in [-0.15, -0.1) is 0 Å². The van der Waals surface area contributed by atoms with Crippen molar-refractivity contribution in [1.29, 1.82) is 0 Å². The number of nitrogens with zero attached hydrogens (tertiary/aromatic N) is 2. The molecule has 2 N–H and O–H groups in total. The van der Waals surface area contributed by atoms with Gasteiger partial charge >= 0.3 is 6.03 Å². The van der Waals surface area contributed by atoms with Gasteiger partial charge in [0, 0.05) is 33.2 Å². The Morgan fingerprint density at radius 1 is 1.27 bits per heavy atom. The van der Waals surface area contributed by atoms with E-state index in [1.165, 1.54) is 19.2 Å². The molecular formula is C14H18ClFN4O2. The number of nitrogens with one attached hydrogen (secondary N) is 2. The fourth-order valence-electron chi connectivity index (χ4n) is 2.29. The first-order valence-electron chi connectivity index (χ1n) is 6.94. The highest BCUT2D eigenvalue weighted by atomic mass is 35.5. The average Bonchev–Trinajstić information content (AvgIpc) is 2.52. The number of anilines is 1. The maximum absolute atomic E-state index is 13.1. The predicted octanol–water partition coefficient (Wildman–Crippen LogP) is 1.06. The quantitative estimate of drug-likeness (QED) is 0.872. The summed E-state index contributed by atoms with van der Waals surface area (Å²) in [7, 11) is 1.49. The van der Waals surface area contributed by atoms with Crippen molar-refractivity contribution >= 4 is 29.2 Å². The molecule has 2 rings (SSSR count). The summed E-state index contributed by atoms with van der Waals surface area (Å²) in [4.78, 5) is 26.7. The van der Waals surface area contributed by atoms with Crippen molar-refractivity contribution in [1.82, 2.24) is 15.5 Å². The number of amides is 3. The van der Waals surface area contributed by atoms with Gasteiger partial charge in [0.2, 0.25) is 5.91 Å². The monoisotopic (exact) mass is 328 g/mol. The Bertz CT molecular complexity index is 562. The largest absolute Gasteiger partial charge is 0.367 e. The molecule has 1 saturated heterocycles. The summed E-state index contributed by atoms with van der Waals surface area (Å²) in [6.07, 6.45) is 0. The number of rotatable bonds is 3. The molecule has 3 amide bonds. The zero-order chi connectivity index (χ0) is 16.1. The van der Waals surface area contributed by atoms with Crippen molar-refractivity contribution < 1.29 is 14.0 Å². The van der Waals surface area contributed by atoms with E-state index in [-0.39, 0.29) is 24.3 Å². The lowest BCUT2D eigenvalue weighted by molar-refractivity contribution is -0.130. The molecule has 1 heterocycles. The van der Waals surface area contributed by atoms with Gasteiger partial charge in [-0.05, 0) is 18.2 Å². The Labute approximate surface area is 133 Å². The lowest BCUT2D eigenvalue weighted by Crippen LogP contribution is -2.51. The third kappa shape index (κ3) is 4.00. The van der Waals surface area contributed by atoms with Gasteiger partial charge < -0.3 is 20.4 Å². The van der Waals surface area contributed by atoms with Gasteiger partial charge in [-0.1, -0.05) is 11.6 Å². The van der Waals surface area contributed by atoms with Crippen molar-refractivity contribution in [2.45, 2.75) is 0 Å². The van der Waals surface area contributed by atoms with Crippen LogP contribution in [0, 0.1) is 5.82 Å². The molecule has 0 saturated carbocycles. The van der Waals surface area contributed by atoms with Crippen LogP contribution in [0.15, 0.2) is 18.2 Å². The molecule has 0 spiro atoms. The van der Waals surface area contributed by atoms with Crippen LogP contribution in [0.25, 0.3) is 0 Å². The number of urea groups is 1. The Kier molecular flexibility index (Phi) is 5.43. The first kappa shape index (κ1) is 16.4. The zero-order valence-electron chi connectivity index (χ0n) is 12.2. The normalized spacial score (nSPS) is 14.7.